The van der Waals surface area contributed by atoms with Gasteiger partial charge in [0.15, 0.2) is 6.61 Å². The van der Waals surface area contributed by atoms with Crippen LogP contribution in [0.1, 0.15) is 10.4 Å². The summed E-state index contributed by atoms with van der Waals surface area (Å²) in [5, 5.41) is 12.9. The van der Waals surface area contributed by atoms with E-state index in [0.29, 0.717) is 0 Å². The van der Waals surface area contributed by atoms with Crippen LogP contribution in [0.4, 0.5) is 20.2 Å². The molecule has 0 aliphatic carbocycles. The van der Waals surface area contributed by atoms with E-state index in [-0.39, 0.29) is 22.7 Å². The first-order chi connectivity index (χ1) is 12.4. The molecule has 2 rings (SSSR count). The number of nitrogens with one attached hydrogen (secondary N) is 1. The second-order valence-electron chi connectivity index (χ2n) is 4.81. The molecular formula is C16H12F2N2O6. The van der Waals surface area contributed by atoms with Crippen LogP contribution in [0.3, 0.4) is 0 Å². The average molecular weight is 366 g/mol. The average Bonchev–Trinajstić information content (AvgIpc) is 2.61. The van der Waals surface area contributed by atoms with Crippen molar-refractivity contribution in [2.45, 2.75) is 6.61 Å². The van der Waals surface area contributed by atoms with Gasteiger partial charge in [0.25, 0.3) is 11.6 Å². The van der Waals surface area contributed by atoms with Crippen molar-refractivity contribution in [1.82, 2.24) is 0 Å². The fourth-order valence-electron chi connectivity index (χ4n) is 1.92. The monoisotopic (exact) mass is 366 g/mol. The summed E-state index contributed by atoms with van der Waals surface area (Å²) in [7, 11) is 0. The summed E-state index contributed by atoms with van der Waals surface area (Å²) >= 11 is 0. The first kappa shape index (κ1) is 18.8. The van der Waals surface area contributed by atoms with Gasteiger partial charge in [0, 0.05) is 12.1 Å². The first-order valence-electron chi connectivity index (χ1n) is 7.12. The minimum absolute atomic E-state index is 0.0239. The number of amides is 1. The first-order valence-corrected chi connectivity index (χ1v) is 7.12. The smallest absolute Gasteiger partial charge is 0.387 e. The molecule has 0 fully saturated rings. The minimum Gasteiger partial charge on any atom is -0.452 e. The molecule has 0 heterocycles. The number of para-hydroxylation sites is 2. The predicted octanol–water partition coefficient (Wildman–Crippen LogP) is 2.99. The summed E-state index contributed by atoms with van der Waals surface area (Å²) in [6.07, 6.45) is 0. The van der Waals surface area contributed by atoms with Gasteiger partial charge in [-0.15, -0.1) is 0 Å². The van der Waals surface area contributed by atoms with Crippen molar-refractivity contribution in [2.75, 3.05) is 11.9 Å². The number of halogens is 2. The lowest BCUT2D eigenvalue weighted by Crippen LogP contribution is -2.21. The van der Waals surface area contributed by atoms with Gasteiger partial charge in [-0.25, -0.2) is 4.79 Å². The highest BCUT2D eigenvalue weighted by molar-refractivity contribution is 5.96. The molecule has 0 radical (unpaired) electrons. The molecule has 8 nitrogen and oxygen atoms in total. The zero-order valence-corrected chi connectivity index (χ0v) is 13.1. The topological polar surface area (TPSA) is 108 Å². The van der Waals surface area contributed by atoms with E-state index in [4.69, 9.17) is 4.74 Å². The number of alkyl halides is 2. The van der Waals surface area contributed by atoms with Crippen molar-refractivity contribution in [1.29, 1.82) is 0 Å². The summed E-state index contributed by atoms with van der Waals surface area (Å²) in [6, 6.07) is 10.3. The molecule has 1 N–H and O–H groups in total. The van der Waals surface area contributed by atoms with E-state index in [1.54, 1.807) is 0 Å². The Labute approximate surface area is 145 Å². The molecule has 136 valence electrons. The molecule has 0 aliphatic heterocycles. The van der Waals surface area contributed by atoms with Gasteiger partial charge in [0.05, 0.1) is 16.2 Å². The SMILES string of the molecule is O=C(COC(=O)c1cccc([N+](=O)[O-])c1)Nc1ccccc1OC(F)F. The van der Waals surface area contributed by atoms with Crippen LogP contribution in [0.2, 0.25) is 0 Å². The fraction of sp³-hybridized carbons (Fsp3) is 0.125. The number of anilines is 1. The molecule has 0 saturated heterocycles. The zero-order chi connectivity index (χ0) is 19.1. The van der Waals surface area contributed by atoms with Crippen LogP contribution in [-0.4, -0.2) is 30.0 Å². The number of hydrogen-bond donors (Lipinski definition) is 1. The Morgan fingerprint density at radius 3 is 2.58 bits per heavy atom. The van der Waals surface area contributed by atoms with E-state index in [1.807, 2.05) is 0 Å². The van der Waals surface area contributed by atoms with E-state index >= 15 is 0 Å². The number of non-ortho nitro benzene ring substituents is 1. The quantitative estimate of drug-likeness (QED) is 0.458. The molecule has 1 amide bonds. The summed E-state index contributed by atoms with van der Waals surface area (Å²) in [4.78, 5) is 33.7. The molecule has 2 aromatic carbocycles. The van der Waals surface area contributed by atoms with Crippen LogP contribution < -0.4 is 10.1 Å². The maximum Gasteiger partial charge on any atom is 0.387 e. The number of nitro benzene ring substituents is 1. The van der Waals surface area contributed by atoms with E-state index < -0.39 is 30.0 Å². The molecule has 0 aliphatic rings. The lowest BCUT2D eigenvalue weighted by molar-refractivity contribution is -0.384. The van der Waals surface area contributed by atoms with Crippen LogP contribution in [0, 0.1) is 10.1 Å². The second kappa shape index (κ2) is 8.51. The third kappa shape index (κ3) is 5.23. The van der Waals surface area contributed by atoms with Gasteiger partial charge in [-0.2, -0.15) is 8.78 Å². The van der Waals surface area contributed by atoms with Crippen LogP contribution in [-0.2, 0) is 9.53 Å². The van der Waals surface area contributed by atoms with Crippen LogP contribution in [0.15, 0.2) is 48.5 Å². The molecule has 0 unspecified atom stereocenters. The lowest BCUT2D eigenvalue weighted by atomic mass is 10.2. The maximum atomic E-state index is 12.3. The largest absolute Gasteiger partial charge is 0.452 e. The minimum atomic E-state index is -3.07. The number of nitrogens with zero attached hydrogens (tertiary/aromatic N) is 1. The van der Waals surface area contributed by atoms with Crippen molar-refractivity contribution in [2.24, 2.45) is 0 Å². The standard InChI is InChI=1S/C16H12F2N2O6/c17-16(18)26-13-7-2-1-6-12(13)19-14(21)9-25-15(22)10-4-3-5-11(8-10)20(23)24/h1-8,16H,9H2,(H,19,21). The molecule has 2 aromatic rings. The van der Waals surface area contributed by atoms with E-state index in [1.165, 1.54) is 42.5 Å². The predicted molar refractivity (Wildman–Crippen MR) is 85.1 cm³/mol. The third-order valence-corrected chi connectivity index (χ3v) is 3.00. The van der Waals surface area contributed by atoms with Gasteiger partial charge in [-0.05, 0) is 18.2 Å². The van der Waals surface area contributed by atoms with Crippen molar-refractivity contribution in [3.8, 4) is 5.75 Å². The highest BCUT2D eigenvalue weighted by Crippen LogP contribution is 2.25. The van der Waals surface area contributed by atoms with Gasteiger partial charge in [-0.3, -0.25) is 14.9 Å². The van der Waals surface area contributed by atoms with Gasteiger partial charge < -0.3 is 14.8 Å². The Kier molecular flexibility index (Phi) is 6.15. The van der Waals surface area contributed by atoms with Crippen LogP contribution in [0.25, 0.3) is 0 Å². The molecule has 0 bridgehead atoms. The lowest BCUT2D eigenvalue weighted by Gasteiger charge is -2.11. The van der Waals surface area contributed by atoms with Crippen molar-refractivity contribution >= 4 is 23.3 Å². The van der Waals surface area contributed by atoms with Gasteiger partial charge in [0.2, 0.25) is 0 Å². The number of ether oxygens (including phenoxy) is 2. The van der Waals surface area contributed by atoms with E-state index in [2.05, 4.69) is 10.1 Å². The van der Waals surface area contributed by atoms with Crippen LogP contribution >= 0.6 is 0 Å². The Morgan fingerprint density at radius 2 is 1.88 bits per heavy atom. The molecule has 0 spiro atoms. The number of carbonyl (C=O) groups is 2. The number of carbonyl (C=O) groups excluding carboxylic acids is 2. The summed E-state index contributed by atoms with van der Waals surface area (Å²) in [5.41, 5.74) is -0.431. The number of hydrogen-bond acceptors (Lipinski definition) is 6. The summed E-state index contributed by atoms with van der Waals surface area (Å²) in [5.74, 6) is -1.99. The summed E-state index contributed by atoms with van der Waals surface area (Å²) in [6.45, 7) is -3.79. The zero-order valence-electron chi connectivity index (χ0n) is 13.1. The summed E-state index contributed by atoms with van der Waals surface area (Å²) < 4.78 is 33.6. The van der Waals surface area contributed by atoms with Gasteiger partial charge >= 0.3 is 12.6 Å². The van der Waals surface area contributed by atoms with Crippen molar-refractivity contribution in [3.05, 3.63) is 64.2 Å². The third-order valence-electron chi connectivity index (χ3n) is 3.00. The van der Waals surface area contributed by atoms with Crippen molar-refractivity contribution < 1.29 is 32.8 Å². The second-order valence-corrected chi connectivity index (χ2v) is 4.81. The van der Waals surface area contributed by atoms with E-state index in [0.717, 1.165) is 6.07 Å². The number of nitro groups is 1. The Balaban J connectivity index is 1.96. The highest BCUT2D eigenvalue weighted by Gasteiger charge is 2.16. The number of esters is 1. The van der Waals surface area contributed by atoms with Crippen molar-refractivity contribution in [3.63, 3.8) is 0 Å². The Morgan fingerprint density at radius 1 is 1.15 bits per heavy atom. The fourth-order valence-corrected chi connectivity index (χ4v) is 1.92. The van der Waals surface area contributed by atoms with Crippen LogP contribution in [0.5, 0.6) is 5.75 Å². The molecule has 0 atom stereocenters. The van der Waals surface area contributed by atoms with Gasteiger partial charge in [-0.1, -0.05) is 18.2 Å². The highest BCUT2D eigenvalue weighted by atomic mass is 19.3. The number of rotatable bonds is 7. The van der Waals surface area contributed by atoms with E-state index in [9.17, 15) is 28.5 Å². The molecule has 26 heavy (non-hydrogen) atoms. The maximum absolute atomic E-state index is 12.3. The molecule has 0 aromatic heterocycles. The normalized spacial score (nSPS) is 10.3. The Hall–Kier alpha value is -3.56. The Bertz CT molecular complexity index is 828. The van der Waals surface area contributed by atoms with Gasteiger partial charge in [0.1, 0.15) is 5.75 Å². The molecular weight excluding hydrogens is 354 g/mol. The molecule has 10 heteroatoms. The molecule has 0 saturated carbocycles. The number of benzene rings is 2.